The van der Waals surface area contributed by atoms with Crippen LogP contribution in [0.25, 0.3) is 11.6 Å². The lowest BCUT2D eigenvalue weighted by molar-refractivity contribution is 0.192. The Balaban J connectivity index is 0.00000205. The highest BCUT2D eigenvalue weighted by atomic mass is 32.2. The first-order valence-corrected chi connectivity index (χ1v) is 13.5. The average molecular weight is 550 g/mol. The van der Waals surface area contributed by atoms with Gasteiger partial charge in [0.1, 0.15) is 6.61 Å². The van der Waals surface area contributed by atoms with Crippen LogP contribution in [0.1, 0.15) is 40.2 Å². The van der Waals surface area contributed by atoms with Crippen LogP contribution < -0.4 is 18.9 Å². The fourth-order valence-electron chi connectivity index (χ4n) is 3.29. The molecule has 0 saturated carbocycles. The van der Waals surface area contributed by atoms with Gasteiger partial charge in [0.2, 0.25) is 11.6 Å². The molecule has 0 atom stereocenters. The van der Waals surface area contributed by atoms with Crippen LogP contribution >= 0.6 is 11.9 Å². The van der Waals surface area contributed by atoms with E-state index in [0.29, 0.717) is 23.1 Å². The van der Waals surface area contributed by atoms with Crippen molar-refractivity contribution in [2.45, 2.75) is 44.9 Å². The van der Waals surface area contributed by atoms with Crippen molar-refractivity contribution in [3.05, 3.63) is 72.6 Å². The quantitative estimate of drug-likeness (QED) is 0.211. The molecule has 4 aromatic rings. The van der Waals surface area contributed by atoms with Gasteiger partial charge < -0.3 is 24.0 Å². The number of anilines is 1. The van der Waals surface area contributed by atoms with Gasteiger partial charge in [0, 0.05) is 17.3 Å². The van der Waals surface area contributed by atoms with E-state index < -0.39 is 0 Å². The van der Waals surface area contributed by atoms with Crippen molar-refractivity contribution in [1.82, 2.24) is 19.9 Å². The van der Waals surface area contributed by atoms with Crippen molar-refractivity contribution in [3.63, 3.8) is 0 Å². The van der Waals surface area contributed by atoms with Crippen LogP contribution in [0.4, 0.5) is 5.82 Å². The number of rotatable bonds is 10. The monoisotopic (exact) mass is 549 g/mol. The summed E-state index contributed by atoms with van der Waals surface area (Å²) in [5, 5.41) is 9.40. The maximum atomic E-state index is 9.40. The third-order valence-corrected chi connectivity index (χ3v) is 6.00. The normalized spacial score (nSPS) is 10.7. The fraction of sp³-hybridized carbons (Fsp3) is 0.310. The summed E-state index contributed by atoms with van der Waals surface area (Å²) in [6.45, 7) is 10.3. The molecule has 0 amide bonds. The standard InChI is InChI=1S/C27H29N5O4S.C2H6/c1-27(2,3)18-10-12-19(13-11-18)37-32-23-22(36-21-9-6-5-8-20(21)34-4)26(35-17-16-33)31-25(30-23)24-28-14-7-15-29-24;1-2/h5-15,33H,16-17H2,1-4H3,(H,30,31,32);1-2H3. The number of ether oxygens (including phenoxy) is 3. The Kier molecular flexibility index (Phi) is 10.9. The molecule has 10 heteroatoms. The number of aliphatic hydroxyl groups excluding tert-OH is 1. The summed E-state index contributed by atoms with van der Waals surface area (Å²) in [4.78, 5) is 18.7. The summed E-state index contributed by atoms with van der Waals surface area (Å²) in [6, 6.07) is 17.2. The topological polar surface area (TPSA) is 112 Å². The minimum Gasteiger partial charge on any atom is -0.493 e. The lowest BCUT2D eigenvalue weighted by Gasteiger charge is -2.19. The fourth-order valence-corrected chi connectivity index (χ4v) is 3.91. The van der Waals surface area contributed by atoms with Gasteiger partial charge in [0.15, 0.2) is 23.1 Å². The molecule has 0 saturated heterocycles. The zero-order valence-electron chi connectivity index (χ0n) is 23.1. The van der Waals surface area contributed by atoms with E-state index in [0.717, 1.165) is 4.90 Å². The number of nitrogens with one attached hydrogen (secondary N) is 1. The molecule has 2 heterocycles. The van der Waals surface area contributed by atoms with Gasteiger partial charge in [-0.25, -0.2) is 15.0 Å². The largest absolute Gasteiger partial charge is 0.493 e. The molecule has 0 radical (unpaired) electrons. The Hall–Kier alpha value is -3.89. The third-order valence-electron chi connectivity index (χ3n) is 5.20. The van der Waals surface area contributed by atoms with E-state index in [2.05, 4.69) is 57.6 Å². The predicted molar refractivity (Wildman–Crippen MR) is 155 cm³/mol. The van der Waals surface area contributed by atoms with Crippen molar-refractivity contribution in [2.75, 3.05) is 25.0 Å². The highest BCUT2D eigenvalue weighted by Gasteiger charge is 2.22. The number of benzene rings is 2. The molecular weight excluding hydrogens is 514 g/mol. The second-order valence-electron chi connectivity index (χ2n) is 8.91. The van der Waals surface area contributed by atoms with Gasteiger partial charge >= 0.3 is 0 Å². The van der Waals surface area contributed by atoms with E-state index in [4.69, 9.17) is 14.2 Å². The summed E-state index contributed by atoms with van der Waals surface area (Å²) >= 11 is 1.37. The maximum Gasteiger partial charge on any atom is 0.263 e. The van der Waals surface area contributed by atoms with Crippen LogP contribution in [0.2, 0.25) is 0 Å². The first-order chi connectivity index (χ1) is 18.9. The van der Waals surface area contributed by atoms with Gasteiger partial charge in [-0.1, -0.05) is 58.9 Å². The SMILES string of the molecule is CC.COc1ccccc1Oc1c(NSc2ccc(C(C)(C)C)cc2)nc(-c2ncccn2)nc1OCCO. The van der Waals surface area contributed by atoms with E-state index in [1.54, 1.807) is 37.7 Å². The van der Waals surface area contributed by atoms with Crippen LogP contribution in [0, 0.1) is 0 Å². The molecule has 2 aromatic carbocycles. The van der Waals surface area contributed by atoms with E-state index >= 15 is 0 Å². The summed E-state index contributed by atoms with van der Waals surface area (Å²) < 4.78 is 20.7. The smallest absolute Gasteiger partial charge is 0.263 e. The van der Waals surface area contributed by atoms with Crippen molar-refractivity contribution in [2.24, 2.45) is 0 Å². The van der Waals surface area contributed by atoms with Crippen LogP contribution in [0.5, 0.6) is 23.1 Å². The minimum absolute atomic E-state index is 0.00916. The molecule has 0 aliphatic heterocycles. The molecule has 9 nitrogen and oxygen atoms in total. The van der Waals surface area contributed by atoms with Gasteiger partial charge in [0.05, 0.1) is 13.7 Å². The minimum atomic E-state index is -0.201. The zero-order chi connectivity index (χ0) is 28.3. The highest BCUT2D eigenvalue weighted by Crippen LogP contribution is 2.42. The number of aliphatic hydroxyl groups is 1. The number of para-hydroxylation sites is 2. The van der Waals surface area contributed by atoms with E-state index in [1.807, 2.05) is 38.1 Å². The molecule has 0 aliphatic carbocycles. The molecule has 4 rings (SSSR count). The molecule has 39 heavy (non-hydrogen) atoms. The number of nitrogens with zero attached hydrogens (tertiary/aromatic N) is 4. The summed E-state index contributed by atoms with van der Waals surface area (Å²) in [5.41, 5.74) is 1.30. The van der Waals surface area contributed by atoms with Gasteiger partial charge in [-0.2, -0.15) is 4.98 Å². The Morgan fingerprint density at radius 1 is 0.872 bits per heavy atom. The molecule has 0 aliphatic rings. The number of aromatic nitrogens is 4. The van der Waals surface area contributed by atoms with Crippen LogP contribution in [0.3, 0.4) is 0 Å². The van der Waals surface area contributed by atoms with Crippen LogP contribution in [0.15, 0.2) is 71.9 Å². The number of hydrogen-bond acceptors (Lipinski definition) is 10. The van der Waals surface area contributed by atoms with Crippen LogP contribution in [-0.4, -0.2) is 45.4 Å². The van der Waals surface area contributed by atoms with Crippen molar-refractivity contribution >= 4 is 17.8 Å². The third kappa shape index (κ3) is 8.05. The second kappa shape index (κ2) is 14.3. The Morgan fingerprint density at radius 2 is 1.54 bits per heavy atom. The zero-order valence-corrected chi connectivity index (χ0v) is 24.0. The van der Waals surface area contributed by atoms with E-state index in [1.165, 1.54) is 17.5 Å². The predicted octanol–water partition coefficient (Wildman–Crippen LogP) is 6.55. The van der Waals surface area contributed by atoms with Gasteiger partial charge in [-0.3, -0.25) is 0 Å². The first kappa shape index (κ1) is 29.7. The lowest BCUT2D eigenvalue weighted by Crippen LogP contribution is -2.10. The number of methoxy groups -OCH3 is 1. The molecule has 0 fully saturated rings. The second-order valence-corrected chi connectivity index (χ2v) is 9.79. The lowest BCUT2D eigenvalue weighted by atomic mass is 9.87. The molecule has 0 unspecified atom stereocenters. The average Bonchev–Trinajstić information content (AvgIpc) is 2.97. The molecule has 2 N–H and O–H groups in total. The summed E-state index contributed by atoms with van der Waals surface area (Å²) in [7, 11) is 1.56. The Morgan fingerprint density at radius 3 is 2.15 bits per heavy atom. The molecule has 0 bridgehead atoms. The first-order valence-electron chi connectivity index (χ1n) is 12.7. The molecule has 2 aromatic heterocycles. The van der Waals surface area contributed by atoms with Gasteiger partial charge in [-0.05, 0) is 53.3 Å². The highest BCUT2D eigenvalue weighted by molar-refractivity contribution is 8.00. The maximum absolute atomic E-state index is 9.40. The summed E-state index contributed by atoms with van der Waals surface area (Å²) in [5.74, 6) is 2.26. The molecule has 206 valence electrons. The van der Waals surface area contributed by atoms with Crippen molar-refractivity contribution in [1.29, 1.82) is 0 Å². The van der Waals surface area contributed by atoms with Crippen molar-refractivity contribution in [3.8, 4) is 34.8 Å². The number of hydrogen-bond donors (Lipinski definition) is 2. The summed E-state index contributed by atoms with van der Waals surface area (Å²) in [6.07, 6.45) is 3.22. The van der Waals surface area contributed by atoms with E-state index in [9.17, 15) is 5.11 Å². The Bertz CT molecular complexity index is 1320. The van der Waals surface area contributed by atoms with Crippen molar-refractivity contribution < 1.29 is 19.3 Å². The Labute approximate surface area is 234 Å². The molecular formula is C29H35N5O4S. The van der Waals surface area contributed by atoms with Gasteiger partial charge in [0.25, 0.3) is 5.88 Å². The molecule has 0 spiro atoms. The van der Waals surface area contributed by atoms with Gasteiger partial charge in [-0.15, -0.1) is 0 Å². The van der Waals surface area contributed by atoms with Crippen LogP contribution in [-0.2, 0) is 5.41 Å². The van der Waals surface area contributed by atoms with E-state index in [-0.39, 0.29) is 36.1 Å².